The number of aliphatic hydroxyl groups is 1. The van der Waals surface area contributed by atoms with Crippen molar-refractivity contribution in [3.8, 4) is 11.5 Å². The molecule has 2 rings (SSSR count). The van der Waals surface area contributed by atoms with Crippen LogP contribution in [-0.2, 0) is 22.4 Å². The zero-order valence-electron chi connectivity index (χ0n) is 10.6. The number of benzene rings is 1. The van der Waals surface area contributed by atoms with Gasteiger partial charge in [-0.2, -0.15) is 0 Å². The van der Waals surface area contributed by atoms with Crippen LogP contribution in [0.1, 0.15) is 11.1 Å². The van der Waals surface area contributed by atoms with Crippen LogP contribution >= 0.6 is 0 Å². The van der Waals surface area contributed by atoms with Crippen molar-refractivity contribution in [2.75, 3.05) is 21.3 Å². The van der Waals surface area contributed by atoms with Crippen LogP contribution in [0.15, 0.2) is 12.1 Å². The van der Waals surface area contributed by atoms with Crippen LogP contribution in [0.2, 0.25) is 0 Å². The van der Waals surface area contributed by atoms with Crippen molar-refractivity contribution < 1.29 is 24.1 Å². The van der Waals surface area contributed by atoms with Crippen molar-refractivity contribution in [3.63, 3.8) is 0 Å². The Kier molecular flexibility index (Phi) is 3.17. The Balaban J connectivity index is 2.38. The SMILES string of the molecule is COC(=O)C1(O)Cc2cc(OC)c(OC)cc2C1. The minimum Gasteiger partial charge on any atom is -0.493 e. The van der Waals surface area contributed by atoms with Gasteiger partial charge in [0.25, 0.3) is 0 Å². The second-order valence-corrected chi connectivity index (χ2v) is 4.35. The van der Waals surface area contributed by atoms with Gasteiger partial charge in [0, 0.05) is 12.8 Å². The Bertz CT molecular complexity index is 448. The van der Waals surface area contributed by atoms with Crippen LogP contribution in [0.3, 0.4) is 0 Å². The maximum atomic E-state index is 11.6. The first kappa shape index (κ1) is 12.7. The predicted octanol–water partition coefficient (Wildman–Crippen LogP) is 0.707. The number of carbonyl (C=O) groups excluding carboxylic acids is 1. The molecule has 0 atom stereocenters. The summed E-state index contributed by atoms with van der Waals surface area (Å²) in [4.78, 5) is 11.6. The molecule has 0 radical (unpaired) electrons. The number of fused-ring (bicyclic) bond motifs is 1. The fourth-order valence-corrected chi connectivity index (χ4v) is 2.32. The van der Waals surface area contributed by atoms with Crippen LogP contribution in [0.5, 0.6) is 11.5 Å². The van der Waals surface area contributed by atoms with E-state index in [1.54, 1.807) is 26.4 Å². The zero-order chi connectivity index (χ0) is 13.3. The summed E-state index contributed by atoms with van der Waals surface area (Å²) in [5.41, 5.74) is 0.273. The lowest BCUT2D eigenvalue weighted by molar-refractivity contribution is -0.161. The molecule has 0 saturated heterocycles. The van der Waals surface area contributed by atoms with E-state index >= 15 is 0 Å². The minimum atomic E-state index is -1.48. The summed E-state index contributed by atoms with van der Waals surface area (Å²) >= 11 is 0. The quantitative estimate of drug-likeness (QED) is 0.802. The van der Waals surface area contributed by atoms with Gasteiger partial charge in [-0.15, -0.1) is 0 Å². The van der Waals surface area contributed by atoms with Crippen LogP contribution < -0.4 is 9.47 Å². The van der Waals surface area contributed by atoms with Crippen LogP contribution in [0, 0.1) is 0 Å². The Labute approximate surface area is 105 Å². The highest BCUT2D eigenvalue weighted by atomic mass is 16.5. The fraction of sp³-hybridized carbons (Fsp3) is 0.462. The van der Waals surface area contributed by atoms with Crippen molar-refractivity contribution in [2.24, 2.45) is 0 Å². The molecule has 1 aromatic rings. The van der Waals surface area contributed by atoms with E-state index in [9.17, 15) is 9.90 Å². The van der Waals surface area contributed by atoms with E-state index < -0.39 is 11.6 Å². The van der Waals surface area contributed by atoms with Crippen molar-refractivity contribution in [3.05, 3.63) is 23.3 Å². The van der Waals surface area contributed by atoms with Crippen molar-refractivity contribution in [2.45, 2.75) is 18.4 Å². The molecule has 5 nitrogen and oxygen atoms in total. The van der Waals surface area contributed by atoms with Crippen LogP contribution in [-0.4, -0.2) is 38.0 Å². The van der Waals surface area contributed by atoms with Gasteiger partial charge < -0.3 is 19.3 Å². The monoisotopic (exact) mass is 252 g/mol. The molecule has 1 aliphatic rings. The zero-order valence-corrected chi connectivity index (χ0v) is 10.6. The normalized spacial score (nSPS) is 16.0. The summed E-state index contributed by atoms with van der Waals surface area (Å²) < 4.78 is 15.0. The Morgan fingerprint density at radius 1 is 1.11 bits per heavy atom. The van der Waals surface area contributed by atoms with Gasteiger partial charge in [-0.25, -0.2) is 4.79 Å². The summed E-state index contributed by atoms with van der Waals surface area (Å²) in [6, 6.07) is 3.57. The van der Waals surface area contributed by atoms with Crippen LogP contribution in [0.25, 0.3) is 0 Å². The van der Waals surface area contributed by atoms with Crippen molar-refractivity contribution >= 4 is 5.97 Å². The summed E-state index contributed by atoms with van der Waals surface area (Å²) in [6.07, 6.45) is 0.463. The van der Waals surface area contributed by atoms with Gasteiger partial charge in [0.2, 0.25) is 0 Å². The maximum Gasteiger partial charge on any atom is 0.338 e. The van der Waals surface area contributed by atoms with Crippen molar-refractivity contribution in [1.29, 1.82) is 0 Å². The first-order valence-electron chi connectivity index (χ1n) is 5.58. The van der Waals surface area contributed by atoms with Gasteiger partial charge in [-0.05, 0) is 23.3 Å². The number of esters is 1. The second kappa shape index (κ2) is 4.49. The Hall–Kier alpha value is -1.75. The molecule has 98 valence electrons. The van der Waals surface area contributed by atoms with E-state index in [1.807, 2.05) is 0 Å². The van der Waals surface area contributed by atoms with Crippen LogP contribution in [0.4, 0.5) is 0 Å². The number of hydrogen-bond donors (Lipinski definition) is 1. The molecule has 0 saturated carbocycles. The average molecular weight is 252 g/mol. The number of carbonyl (C=O) groups is 1. The molecule has 1 N–H and O–H groups in total. The molecule has 0 aromatic heterocycles. The fourth-order valence-electron chi connectivity index (χ4n) is 2.32. The average Bonchev–Trinajstić information content (AvgIpc) is 2.72. The van der Waals surface area contributed by atoms with E-state index in [2.05, 4.69) is 4.74 Å². The first-order valence-corrected chi connectivity index (χ1v) is 5.58. The molecular weight excluding hydrogens is 236 g/mol. The molecule has 0 aliphatic heterocycles. The molecule has 0 heterocycles. The summed E-state index contributed by atoms with van der Waals surface area (Å²) in [7, 11) is 4.36. The Morgan fingerprint density at radius 2 is 1.56 bits per heavy atom. The van der Waals surface area contributed by atoms with Gasteiger partial charge in [0.1, 0.15) is 0 Å². The second-order valence-electron chi connectivity index (χ2n) is 4.35. The van der Waals surface area contributed by atoms with Gasteiger partial charge in [0.05, 0.1) is 21.3 Å². The van der Waals surface area contributed by atoms with Gasteiger partial charge >= 0.3 is 5.97 Å². The lowest BCUT2D eigenvalue weighted by atomic mass is 10.0. The van der Waals surface area contributed by atoms with Gasteiger partial charge in [0.15, 0.2) is 17.1 Å². The van der Waals surface area contributed by atoms with Crippen molar-refractivity contribution in [1.82, 2.24) is 0 Å². The standard InChI is InChI=1S/C13H16O5/c1-16-10-4-8-6-13(15,12(14)18-3)7-9(8)5-11(10)17-2/h4-5,15H,6-7H2,1-3H3. The molecule has 0 amide bonds. The highest BCUT2D eigenvalue weighted by molar-refractivity contribution is 5.81. The first-order chi connectivity index (χ1) is 8.54. The number of methoxy groups -OCH3 is 3. The molecule has 1 aliphatic carbocycles. The van der Waals surface area contributed by atoms with E-state index in [4.69, 9.17) is 9.47 Å². The molecule has 18 heavy (non-hydrogen) atoms. The minimum absolute atomic E-state index is 0.232. The highest BCUT2D eigenvalue weighted by Gasteiger charge is 2.43. The smallest absolute Gasteiger partial charge is 0.338 e. The number of ether oxygens (including phenoxy) is 3. The third-order valence-electron chi connectivity index (χ3n) is 3.24. The molecular formula is C13H16O5. The molecule has 5 heteroatoms. The third kappa shape index (κ3) is 1.90. The highest BCUT2D eigenvalue weighted by Crippen LogP contribution is 2.38. The lowest BCUT2D eigenvalue weighted by Gasteiger charge is -2.18. The van der Waals surface area contributed by atoms with E-state index in [1.165, 1.54) is 7.11 Å². The Morgan fingerprint density at radius 3 is 1.89 bits per heavy atom. The maximum absolute atomic E-state index is 11.6. The lowest BCUT2D eigenvalue weighted by Crippen LogP contribution is -2.40. The number of rotatable bonds is 3. The summed E-state index contributed by atoms with van der Waals surface area (Å²) in [5.74, 6) is 0.562. The third-order valence-corrected chi connectivity index (χ3v) is 3.24. The topological polar surface area (TPSA) is 65.0 Å². The predicted molar refractivity (Wildman–Crippen MR) is 63.9 cm³/mol. The molecule has 1 aromatic carbocycles. The van der Waals surface area contributed by atoms with Gasteiger partial charge in [-0.3, -0.25) is 0 Å². The van der Waals surface area contributed by atoms with E-state index in [-0.39, 0.29) is 12.8 Å². The molecule has 0 bridgehead atoms. The molecule has 0 unspecified atom stereocenters. The van der Waals surface area contributed by atoms with E-state index in [0.29, 0.717) is 11.5 Å². The number of hydrogen-bond acceptors (Lipinski definition) is 5. The molecule has 0 spiro atoms. The summed E-state index contributed by atoms with van der Waals surface area (Å²) in [5, 5.41) is 10.3. The molecule has 0 fully saturated rings. The van der Waals surface area contributed by atoms with E-state index in [0.717, 1.165) is 11.1 Å². The van der Waals surface area contributed by atoms with Gasteiger partial charge in [-0.1, -0.05) is 0 Å². The largest absolute Gasteiger partial charge is 0.493 e. The summed E-state index contributed by atoms with van der Waals surface area (Å²) in [6.45, 7) is 0.